The molecule has 9 heteroatoms. The van der Waals surface area contributed by atoms with Crippen LogP contribution in [-0.2, 0) is 15.8 Å². The minimum Gasteiger partial charge on any atom is -0.423 e. The van der Waals surface area contributed by atoms with Gasteiger partial charge in [0.2, 0.25) is 6.10 Å². The molecule has 24 heavy (non-hydrogen) atoms. The van der Waals surface area contributed by atoms with Crippen molar-refractivity contribution in [3.05, 3.63) is 51.2 Å². The first-order valence-electron chi connectivity index (χ1n) is 6.71. The third-order valence-electron chi connectivity index (χ3n) is 3.19. The number of oxime groups is 1. The Balaban J connectivity index is 1.70. The Morgan fingerprint density at radius 3 is 2.71 bits per heavy atom. The SMILES string of the molecule is O=C(Oc1ccccc1C(F)(F)F)C1CC(c2ccc(Cl)s2)=NO1. The highest BCUT2D eigenvalue weighted by molar-refractivity contribution is 7.18. The standard InChI is InChI=1S/C15H9ClF3NO3S/c16-13-6-5-12(24-13)9-7-11(23-20-9)14(21)22-10-4-2-1-3-8(10)15(17,18)19/h1-6,11H,7H2. The Bertz CT molecular complexity index is 803. The number of halogens is 4. The number of para-hydroxylation sites is 1. The summed E-state index contributed by atoms with van der Waals surface area (Å²) >= 11 is 7.09. The number of carbonyl (C=O) groups excluding carboxylic acids is 1. The summed E-state index contributed by atoms with van der Waals surface area (Å²) in [7, 11) is 0. The van der Waals surface area contributed by atoms with Gasteiger partial charge in [-0.15, -0.1) is 11.3 Å². The molecule has 0 N–H and O–H groups in total. The molecule has 1 atom stereocenters. The molecule has 1 aromatic carbocycles. The zero-order valence-electron chi connectivity index (χ0n) is 11.8. The van der Waals surface area contributed by atoms with Crippen LogP contribution >= 0.6 is 22.9 Å². The van der Waals surface area contributed by atoms with E-state index in [-0.39, 0.29) is 6.42 Å². The second-order valence-corrected chi connectivity index (χ2v) is 6.57. The predicted molar refractivity (Wildman–Crippen MR) is 82.4 cm³/mol. The van der Waals surface area contributed by atoms with E-state index in [0.717, 1.165) is 17.0 Å². The lowest BCUT2D eigenvalue weighted by molar-refractivity contribution is -0.149. The van der Waals surface area contributed by atoms with Crippen LogP contribution in [0.4, 0.5) is 13.2 Å². The number of benzene rings is 1. The molecule has 1 aliphatic rings. The van der Waals surface area contributed by atoms with Gasteiger partial charge in [0.1, 0.15) is 11.5 Å². The second-order valence-electron chi connectivity index (χ2n) is 4.85. The van der Waals surface area contributed by atoms with Crippen LogP contribution in [-0.4, -0.2) is 17.8 Å². The Morgan fingerprint density at radius 2 is 2.04 bits per heavy atom. The Kier molecular flexibility index (Phi) is 4.51. The summed E-state index contributed by atoms with van der Waals surface area (Å²) in [6, 6.07) is 7.89. The van der Waals surface area contributed by atoms with Crippen LogP contribution in [0.2, 0.25) is 4.34 Å². The molecule has 3 rings (SSSR count). The molecule has 2 aromatic rings. The number of rotatable bonds is 3. The fraction of sp³-hybridized carbons (Fsp3) is 0.200. The number of hydrogen-bond acceptors (Lipinski definition) is 5. The van der Waals surface area contributed by atoms with Gasteiger partial charge in [-0.3, -0.25) is 0 Å². The number of thiophene rings is 1. The van der Waals surface area contributed by atoms with Crippen LogP contribution in [0.25, 0.3) is 0 Å². The maximum Gasteiger partial charge on any atom is 0.419 e. The van der Waals surface area contributed by atoms with E-state index in [4.69, 9.17) is 21.2 Å². The fourth-order valence-corrected chi connectivity index (χ4v) is 3.12. The minimum atomic E-state index is -4.62. The topological polar surface area (TPSA) is 47.9 Å². The Morgan fingerprint density at radius 1 is 1.29 bits per heavy atom. The van der Waals surface area contributed by atoms with Crippen LogP contribution in [0.3, 0.4) is 0 Å². The average molecular weight is 376 g/mol. The van der Waals surface area contributed by atoms with Gasteiger partial charge < -0.3 is 9.57 Å². The first kappa shape index (κ1) is 16.8. The third-order valence-corrected chi connectivity index (χ3v) is 4.47. The lowest BCUT2D eigenvalue weighted by Crippen LogP contribution is -2.27. The van der Waals surface area contributed by atoms with Gasteiger partial charge in [0.25, 0.3) is 0 Å². The summed E-state index contributed by atoms with van der Waals surface area (Å²) in [5.41, 5.74) is -0.527. The van der Waals surface area contributed by atoms with E-state index in [1.54, 1.807) is 12.1 Å². The molecule has 1 aliphatic heterocycles. The number of ether oxygens (including phenoxy) is 1. The number of carbonyl (C=O) groups is 1. The maximum absolute atomic E-state index is 12.9. The van der Waals surface area contributed by atoms with Crippen LogP contribution < -0.4 is 4.74 Å². The van der Waals surface area contributed by atoms with Crippen LogP contribution in [0, 0.1) is 0 Å². The summed E-state index contributed by atoms with van der Waals surface area (Å²) in [4.78, 5) is 17.8. The molecule has 0 radical (unpaired) electrons. The number of esters is 1. The molecule has 1 unspecified atom stereocenters. The van der Waals surface area contributed by atoms with Crippen molar-refractivity contribution < 1.29 is 27.5 Å². The molecular weight excluding hydrogens is 367 g/mol. The summed E-state index contributed by atoms with van der Waals surface area (Å²) in [5, 5.41) is 3.78. The summed E-state index contributed by atoms with van der Waals surface area (Å²) in [5.74, 6) is -1.50. The van der Waals surface area contributed by atoms with Crippen molar-refractivity contribution >= 4 is 34.6 Å². The number of hydrogen-bond donors (Lipinski definition) is 0. The quantitative estimate of drug-likeness (QED) is 0.585. The van der Waals surface area contributed by atoms with E-state index in [1.165, 1.54) is 23.5 Å². The largest absolute Gasteiger partial charge is 0.423 e. The van der Waals surface area contributed by atoms with Gasteiger partial charge in [-0.05, 0) is 24.3 Å². The van der Waals surface area contributed by atoms with E-state index in [1.807, 2.05) is 0 Å². The van der Waals surface area contributed by atoms with Gasteiger partial charge in [0.05, 0.1) is 14.8 Å². The zero-order chi connectivity index (χ0) is 17.3. The van der Waals surface area contributed by atoms with Crippen molar-refractivity contribution in [1.29, 1.82) is 0 Å². The molecule has 0 spiro atoms. The first-order chi connectivity index (χ1) is 11.3. The smallest absolute Gasteiger partial charge is 0.419 e. The van der Waals surface area contributed by atoms with Crippen molar-refractivity contribution in [3.63, 3.8) is 0 Å². The predicted octanol–water partition coefficient (Wildman–Crippen LogP) is 4.52. The summed E-state index contributed by atoms with van der Waals surface area (Å²) in [6.45, 7) is 0. The Hall–Kier alpha value is -2.06. The molecule has 0 aliphatic carbocycles. The normalized spacial score (nSPS) is 17.3. The van der Waals surface area contributed by atoms with E-state index < -0.39 is 29.6 Å². The van der Waals surface area contributed by atoms with Crippen LogP contribution in [0.5, 0.6) is 5.75 Å². The number of alkyl halides is 3. The Labute approximate surface area is 143 Å². The highest BCUT2D eigenvalue weighted by Crippen LogP contribution is 2.36. The van der Waals surface area contributed by atoms with Crippen molar-refractivity contribution in [3.8, 4) is 5.75 Å². The first-order valence-corrected chi connectivity index (χ1v) is 7.90. The van der Waals surface area contributed by atoms with E-state index >= 15 is 0 Å². The summed E-state index contributed by atoms with van der Waals surface area (Å²) in [6.07, 6.45) is -5.62. The molecule has 0 saturated carbocycles. The monoisotopic (exact) mass is 375 g/mol. The fourth-order valence-electron chi connectivity index (χ4n) is 2.08. The molecule has 0 bridgehead atoms. The summed E-state index contributed by atoms with van der Waals surface area (Å²) < 4.78 is 44.1. The van der Waals surface area contributed by atoms with E-state index in [2.05, 4.69) is 5.16 Å². The molecule has 2 heterocycles. The minimum absolute atomic E-state index is 0.101. The van der Waals surface area contributed by atoms with Crippen molar-refractivity contribution in [1.82, 2.24) is 0 Å². The van der Waals surface area contributed by atoms with Crippen LogP contribution in [0.1, 0.15) is 16.9 Å². The van der Waals surface area contributed by atoms with Gasteiger partial charge in [0.15, 0.2) is 0 Å². The molecule has 0 amide bonds. The van der Waals surface area contributed by atoms with Gasteiger partial charge >= 0.3 is 12.1 Å². The number of nitrogens with zero attached hydrogens (tertiary/aromatic N) is 1. The lowest BCUT2D eigenvalue weighted by atomic mass is 10.1. The zero-order valence-corrected chi connectivity index (χ0v) is 13.4. The second kappa shape index (κ2) is 6.45. The third kappa shape index (κ3) is 3.54. The van der Waals surface area contributed by atoms with Crippen molar-refractivity contribution in [2.75, 3.05) is 0 Å². The van der Waals surface area contributed by atoms with Crippen molar-refractivity contribution in [2.24, 2.45) is 5.16 Å². The van der Waals surface area contributed by atoms with Gasteiger partial charge in [-0.2, -0.15) is 13.2 Å². The lowest BCUT2D eigenvalue weighted by Gasteiger charge is -2.13. The highest BCUT2D eigenvalue weighted by atomic mass is 35.5. The molecule has 0 fully saturated rings. The van der Waals surface area contributed by atoms with Crippen molar-refractivity contribution in [2.45, 2.75) is 18.7 Å². The molecule has 0 saturated heterocycles. The van der Waals surface area contributed by atoms with Crippen LogP contribution in [0.15, 0.2) is 41.6 Å². The van der Waals surface area contributed by atoms with Gasteiger partial charge in [-0.1, -0.05) is 28.9 Å². The average Bonchev–Trinajstić information content (AvgIpc) is 3.15. The van der Waals surface area contributed by atoms with E-state index in [9.17, 15) is 18.0 Å². The molecule has 126 valence electrons. The molecule has 1 aromatic heterocycles. The maximum atomic E-state index is 12.9. The van der Waals surface area contributed by atoms with Gasteiger partial charge in [0, 0.05) is 6.42 Å². The van der Waals surface area contributed by atoms with Gasteiger partial charge in [-0.25, -0.2) is 4.79 Å². The van der Waals surface area contributed by atoms with E-state index in [0.29, 0.717) is 10.0 Å². The molecule has 4 nitrogen and oxygen atoms in total. The highest BCUT2D eigenvalue weighted by Gasteiger charge is 2.37. The molecular formula is C15H9ClF3NO3S.